The number of carbonyl (C=O) groups excluding carboxylic acids is 1. The van der Waals surface area contributed by atoms with Gasteiger partial charge in [-0.3, -0.25) is 9.59 Å². The Labute approximate surface area is 193 Å². The van der Waals surface area contributed by atoms with E-state index >= 15 is 0 Å². The summed E-state index contributed by atoms with van der Waals surface area (Å²) in [5.41, 5.74) is 3.45. The molecule has 1 aliphatic carbocycles. The largest absolute Gasteiger partial charge is 0.334 e. The van der Waals surface area contributed by atoms with E-state index in [0.717, 1.165) is 25.7 Å². The van der Waals surface area contributed by atoms with Gasteiger partial charge in [-0.05, 0) is 55.0 Å². The number of aryl methyl sites for hydroxylation is 1. The van der Waals surface area contributed by atoms with Crippen LogP contribution in [0.1, 0.15) is 41.4 Å². The fraction of sp³-hybridized carbons (Fsp3) is 0.250. The molecule has 0 aliphatic heterocycles. The average Bonchev–Trinajstić information content (AvgIpc) is 2.87. The second-order valence-electron chi connectivity index (χ2n) is 8.61. The summed E-state index contributed by atoms with van der Waals surface area (Å²) < 4.78 is 1.36. The molecule has 4 aromatic rings. The van der Waals surface area contributed by atoms with Gasteiger partial charge >= 0.3 is 0 Å². The molecule has 1 atom stereocenters. The van der Waals surface area contributed by atoms with Crippen LogP contribution in [0.3, 0.4) is 0 Å². The van der Waals surface area contributed by atoms with Gasteiger partial charge in [0, 0.05) is 18.0 Å². The predicted octanol–water partition coefficient (Wildman–Crippen LogP) is 4.80. The number of hydrogen-bond donors (Lipinski definition) is 0. The van der Waals surface area contributed by atoms with Gasteiger partial charge in [-0.15, -0.1) is 0 Å². The Hall–Kier alpha value is -3.73. The summed E-state index contributed by atoms with van der Waals surface area (Å²) in [6.07, 6.45) is 3.60. The first kappa shape index (κ1) is 21.1. The number of fused-ring (bicyclic) bond motifs is 2. The smallest absolute Gasteiger partial charge is 0.279 e. The molecule has 0 radical (unpaired) electrons. The number of carbonyl (C=O) groups is 1. The van der Waals surface area contributed by atoms with Crippen molar-refractivity contribution < 1.29 is 4.79 Å². The molecule has 5 rings (SSSR count). The quantitative estimate of drug-likeness (QED) is 0.451. The van der Waals surface area contributed by atoms with Gasteiger partial charge in [-0.1, -0.05) is 67.6 Å². The highest BCUT2D eigenvalue weighted by Crippen LogP contribution is 2.27. The van der Waals surface area contributed by atoms with E-state index in [4.69, 9.17) is 0 Å². The third-order valence-corrected chi connectivity index (χ3v) is 6.50. The lowest BCUT2D eigenvalue weighted by Gasteiger charge is -2.35. The highest BCUT2D eigenvalue weighted by Gasteiger charge is 2.30. The minimum Gasteiger partial charge on any atom is -0.334 e. The van der Waals surface area contributed by atoms with Crippen LogP contribution < -0.4 is 5.56 Å². The van der Waals surface area contributed by atoms with Crippen LogP contribution in [0.25, 0.3) is 16.5 Å². The fourth-order valence-electron chi connectivity index (χ4n) is 4.86. The molecule has 1 aromatic heterocycles. The number of aromatic nitrogens is 2. The van der Waals surface area contributed by atoms with Gasteiger partial charge in [0.05, 0.1) is 11.1 Å². The normalized spacial score (nSPS) is 15.2. The van der Waals surface area contributed by atoms with Crippen molar-refractivity contribution in [2.75, 3.05) is 6.54 Å². The van der Waals surface area contributed by atoms with E-state index in [2.05, 4.69) is 36.3 Å². The van der Waals surface area contributed by atoms with Gasteiger partial charge in [0.2, 0.25) is 0 Å². The Balaban J connectivity index is 1.60. The molecule has 1 amide bonds. The number of para-hydroxylation sites is 1. The third kappa shape index (κ3) is 3.95. The summed E-state index contributed by atoms with van der Waals surface area (Å²) >= 11 is 0. The Kier molecular flexibility index (Phi) is 5.78. The van der Waals surface area contributed by atoms with E-state index in [1.54, 1.807) is 6.07 Å². The molecule has 0 N–H and O–H groups in total. The number of benzene rings is 3. The number of hydrogen-bond acceptors (Lipinski definition) is 3. The first-order chi connectivity index (χ1) is 16.2. The van der Waals surface area contributed by atoms with E-state index in [0.29, 0.717) is 28.7 Å². The molecule has 0 fully saturated rings. The first-order valence-corrected chi connectivity index (χ1v) is 11.6. The van der Waals surface area contributed by atoms with E-state index in [1.165, 1.54) is 15.8 Å². The molecule has 0 spiro atoms. The van der Waals surface area contributed by atoms with Gasteiger partial charge < -0.3 is 4.90 Å². The van der Waals surface area contributed by atoms with Gasteiger partial charge in [0.25, 0.3) is 11.5 Å². The lowest BCUT2D eigenvalue weighted by atomic mass is 9.87. The average molecular weight is 438 g/mol. The SMILES string of the molecule is CCCN(C(=O)c1nn(-c2ccccc2)c(=O)c2ccccc12)C1CCc2ccccc2C1. The van der Waals surface area contributed by atoms with E-state index in [1.807, 2.05) is 53.4 Å². The minimum absolute atomic E-state index is 0.109. The summed E-state index contributed by atoms with van der Waals surface area (Å²) in [5.74, 6) is -0.109. The van der Waals surface area contributed by atoms with Crippen molar-refractivity contribution >= 4 is 16.7 Å². The third-order valence-electron chi connectivity index (χ3n) is 6.50. The van der Waals surface area contributed by atoms with Crippen molar-refractivity contribution in [2.45, 2.75) is 38.6 Å². The van der Waals surface area contributed by atoms with Gasteiger partial charge in [0.1, 0.15) is 0 Å². The molecule has 1 aliphatic rings. The zero-order valence-corrected chi connectivity index (χ0v) is 18.8. The molecule has 5 nitrogen and oxygen atoms in total. The zero-order valence-electron chi connectivity index (χ0n) is 18.8. The molecule has 1 unspecified atom stereocenters. The van der Waals surface area contributed by atoms with Crippen molar-refractivity contribution in [3.05, 3.63) is 106 Å². The fourth-order valence-corrected chi connectivity index (χ4v) is 4.86. The summed E-state index contributed by atoms with van der Waals surface area (Å²) in [5, 5.41) is 5.74. The van der Waals surface area contributed by atoms with Crippen LogP contribution in [0, 0.1) is 0 Å². The van der Waals surface area contributed by atoms with E-state index < -0.39 is 0 Å². The van der Waals surface area contributed by atoms with Crippen LogP contribution in [-0.4, -0.2) is 33.2 Å². The Morgan fingerprint density at radius 3 is 2.36 bits per heavy atom. The highest BCUT2D eigenvalue weighted by atomic mass is 16.2. The van der Waals surface area contributed by atoms with Crippen molar-refractivity contribution in [1.29, 1.82) is 0 Å². The van der Waals surface area contributed by atoms with Crippen LogP contribution in [0.15, 0.2) is 83.7 Å². The molecule has 0 bridgehead atoms. The van der Waals surface area contributed by atoms with Crippen molar-refractivity contribution in [3.63, 3.8) is 0 Å². The van der Waals surface area contributed by atoms with Crippen molar-refractivity contribution in [2.24, 2.45) is 0 Å². The van der Waals surface area contributed by atoms with E-state index in [9.17, 15) is 9.59 Å². The molecule has 33 heavy (non-hydrogen) atoms. The van der Waals surface area contributed by atoms with Crippen LogP contribution in [0.4, 0.5) is 0 Å². The Morgan fingerprint density at radius 2 is 1.61 bits per heavy atom. The second-order valence-corrected chi connectivity index (χ2v) is 8.61. The van der Waals surface area contributed by atoms with Crippen molar-refractivity contribution in [3.8, 4) is 5.69 Å². The number of amides is 1. The second kappa shape index (κ2) is 9.02. The maximum absolute atomic E-state index is 14.0. The summed E-state index contributed by atoms with van der Waals surface area (Å²) in [7, 11) is 0. The Morgan fingerprint density at radius 1 is 0.939 bits per heavy atom. The Bertz CT molecular complexity index is 1360. The minimum atomic E-state index is -0.220. The summed E-state index contributed by atoms with van der Waals surface area (Å²) in [6, 6.07) is 25.2. The van der Waals surface area contributed by atoms with Crippen molar-refractivity contribution in [1.82, 2.24) is 14.7 Å². The monoisotopic (exact) mass is 437 g/mol. The standard InChI is InChI=1S/C28H27N3O2/c1-2-18-30(23-17-16-20-10-6-7-11-21(20)19-23)28(33)26-24-14-8-9-15-25(24)27(32)31(29-26)22-12-4-3-5-13-22/h3-15,23H,2,16-19H2,1H3. The van der Waals surface area contributed by atoms with Gasteiger partial charge in [0.15, 0.2) is 5.69 Å². The molecule has 5 heteroatoms. The van der Waals surface area contributed by atoms with E-state index in [-0.39, 0.29) is 17.5 Å². The zero-order chi connectivity index (χ0) is 22.8. The lowest BCUT2D eigenvalue weighted by Crippen LogP contribution is -2.44. The molecular weight excluding hydrogens is 410 g/mol. The van der Waals surface area contributed by atoms with Gasteiger partial charge in [-0.25, -0.2) is 0 Å². The molecule has 3 aromatic carbocycles. The summed E-state index contributed by atoms with van der Waals surface area (Å²) in [6.45, 7) is 2.75. The van der Waals surface area contributed by atoms with Crippen LogP contribution in [-0.2, 0) is 12.8 Å². The topological polar surface area (TPSA) is 55.2 Å². The van der Waals surface area contributed by atoms with Crippen LogP contribution >= 0.6 is 0 Å². The molecule has 0 saturated heterocycles. The maximum Gasteiger partial charge on any atom is 0.279 e. The van der Waals surface area contributed by atoms with Gasteiger partial charge in [-0.2, -0.15) is 9.78 Å². The highest BCUT2D eigenvalue weighted by molar-refractivity contribution is 6.05. The molecule has 1 heterocycles. The predicted molar refractivity (Wildman–Crippen MR) is 131 cm³/mol. The summed E-state index contributed by atoms with van der Waals surface area (Å²) in [4.78, 5) is 29.2. The van der Waals surface area contributed by atoms with Crippen LogP contribution in [0.2, 0.25) is 0 Å². The first-order valence-electron chi connectivity index (χ1n) is 11.6. The molecule has 0 saturated carbocycles. The van der Waals surface area contributed by atoms with Crippen LogP contribution in [0.5, 0.6) is 0 Å². The number of nitrogens with zero attached hydrogens (tertiary/aromatic N) is 3. The molecule has 166 valence electrons. The molecular formula is C28H27N3O2. The number of rotatable bonds is 5. The lowest BCUT2D eigenvalue weighted by molar-refractivity contribution is 0.0656. The maximum atomic E-state index is 14.0.